The summed E-state index contributed by atoms with van der Waals surface area (Å²) in [6.45, 7) is 3.15. The maximum Gasteiger partial charge on any atom is 0.106 e. The second-order valence-electron chi connectivity index (χ2n) is 5.40. The minimum Gasteiger partial charge on any atom is -0.399 e. The van der Waals surface area contributed by atoms with Crippen molar-refractivity contribution in [3.8, 4) is 0 Å². The number of benzene rings is 1. The average molecular weight is 255 g/mol. The smallest absolute Gasteiger partial charge is 0.106 e. The largest absolute Gasteiger partial charge is 0.399 e. The van der Waals surface area contributed by atoms with E-state index in [1.165, 1.54) is 42.0 Å². The third-order valence-electron chi connectivity index (χ3n) is 4.03. The predicted molar refractivity (Wildman–Crippen MR) is 78.2 cm³/mol. The highest BCUT2D eigenvalue weighted by Gasteiger charge is 2.17. The van der Waals surface area contributed by atoms with Crippen molar-refractivity contribution in [2.45, 2.75) is 45.6 Å². The van der Waals surface area contributed by atoms with Gasteiger partial charge in [0.2, 0.25) is 0 Å². The summed E-state index contributed by atoms with van der Waals surface area (Å²) in [5, 5.41) is 0. The van der Waals surface area contributed by atoms with Crippen molar-refractivity contribution in [3.63, 3.8) is 0 Å². The molecule has 0 amide bonds. The molecule has 2 N–H and O–H groups in total. The topological polar surface area (TPSA) is 43.8 Å². The van der Waals surface area contributed by atoms with Crippen LogP contribution in [0.1, 0.15) is 35.6 Å². The lowest BCUT2D eigenvalue weighted by Gasteiger charge is -2.14. The maximum atomic E-state index is 5.72. The van der Waals surface area contributed by atoms with Crippen LogP contribution in [0.25, 0.3) is 0 Å². The van der Waals surface area contributed by atoms with Gasteiger partial charge in [0.05, 0.1) is 5.69 Å². The first-order valence-electron chi connectivity index (χ1n) is 7.13. The van der Waals surface area contributed by atoms with E-state index in [9.17, 15) is 0 Å². The normalized spacial score (nSPS) is 14.4. The van der Waals surface area contributed by atoms with E-state index in [1.807, 2.05) is 12.1 Å². The van der Waals surface area contributed by atoms with Crippen LogP contribution in [0.3, 0.4) is 0 Å². The predicted octanol–water partition coefficient (Wildman–Crippen LogP) is 2.90. The highest BCUT2D eigenvalue weighted by atomic mass is 15.1. The summed E-state index contributed by atoms with van der Waals surface area (Å²) in [6.07, 6.45) is 5.99. The van der Waals surface area contributed by atoms with Crippen LogP contribution in [-0.4, -0.2) is 9.55 Å². The third-order valence-corrected chi connectivity index (χ3v) is 4.03. The number of nitrogens with zero attached hydrogens (tertiary/aromatic N) is 2. The number of aromatic nitrogens is 2. The van der Waals surface area contributed by atoms with E-state index in [0.29, 0.717) is 0 Å². The molecule has 0 saturated heterocycles. The zero-order valence-electron chi connectivity index (χ0n) is 11.5. The molecule has 3 heteroatoms. The van der Waals surface area contributed by atoms with E-state index < -0.39 is 0 Å². The number of rotatable bonds is 3. The lowest BCUT2D eigenvalue weighted by atomic mass is 10.0. The molecular weight excluding hydrogens is 234 g/mol. The monoisotopic (exact) mass is 255 g/mol. The minimum atomic E-state index is 0.833. The number of anilines is 1. The van der Waals surface area contributed by atoms with Gasteiger partial charge in [-0.15, -0.1) is 0 Å². The molecule has 0 fully saturated rings. The van der Waals surface area contributed by atoms with Crippen LogP contribution in [0, 0.1) is 6.92 Å². The summed E-state index contributed by atoms with van der Waals surface area (Å²) in [4.78, 5) is 4.72. The number of fused-ring (bicyclic) bond motifs is 1. The first-order chi connectivity index (χ1) is 9.24. The molecule has 0 bridgehead atoms. The molecule has 100 valence electrons. The third kappa shape index (κ3) is 2.50. The van der Waals surface area contributed by atoms with Gasteiger partial charge in [-0.05, 0) is 56.7 Å². The molecule has 0 saturated carbocycles. The van der Waals surface area contributed by atoms with Crippen LogP contribution >= 0.6 is 0 Å². The molecule has 2 aromatic rings. The Hall–Kier alpha value is -1.77. The highest BCUT2D eigenvalue weighted by Crippen LogP contribution is 2.22. The molecule has 0 atom stereocenters. The van der Waals surface area contributed by atoms with Gasteiger partial charge in [0.1, 0.15) is 5.82 Å². The van der Waals surface area contributed by atoms with Gasteiger partial charge in [-0.3, -0.25) is 0 Å². The summed E-state index contributed by atoms with van der Waals surface area (Å²) < 4.78 is 2.41. The summed E-state index contributed by atoms with van der Waals surface area (Å²) in [5.41, 5.74) is 10.7. The fraction of sp³-hybridized carbons (Fsp3) is 0.438. The second kappa shape index (κ2) is 5.08. The summed E-state index contributed by atoms with van der Waals surface area (Å²) >= 11 is 0. The maximum absolute atomic E-state index is 5.72. The van der Waals surface area contributed by atoms with E-state index in [1.54, 1.807) is 0 Å². The van der Waals surface area contributed by atoms with Crippen molar-refractivity contribution >= 4 is 5.69 Å². The lowest BCUT2D eigenvalue weighted by Crippen LogP contribution is -2.11. The van der Waals surface area contributed by atoms with Crippen molar-refractivity contribution in [1.29, 1.82) is 0 Å². The molecule has 1 aromatic carbocycles. The van der Waals surface area contributed by atoms with Gasteiger partial charge >= 0.3 is 0 Å². The Morgan fingerprint density at radius 1 is 1.16 bits per heavy atom. The van der Waals surface area contributed by atoms with Crippen LogP contribution in [0.4, 0.5) is 5.69 Å². The molecule has 1 aromatic heterocycles. The fourth-order valence-corrected chi connectivity index (χ4v) is 2.96. The molecule has 0 aliphatic heterocycles. The van der Waals surface area contributed by atoms with Gasteiger partial charge in [-0.1, -0.05) is 12.1 Å². The SMILES string of the molecule is Cc1nc2c(n1CCc1ccc(N)cc1)CCCC2. The van der Waals surface area contributed by atoms with Crippen LogP contribution in [-0.2, 0) is 25.8 Å². The highest BCUT2D eigenvalue weighted by molar-refractivity contribution is 5.39. The zero-order valence-corrected chi connectivity index (χ0v) is 11.5. The standard InChI is InChI=1S/C16H21N3/c1-12-18-15-4-2-3-5-16(15)19(12)11-10-13-6-8-14(17)9-7-13/h6-9H,2-5,10-11,17H2,1H3. The van der Waals surface area contributed by atoms with Crippen molar-refractivity contribution < 1.29 is 0 Å². The Morgan fingerprint density at radius 3 is 2.68 bits per heavy atom. The average Bonchev–Trinajstić information content (AvgIpc) is 2.74. The first kappa shape index (κ1) is 12.3. The molecule has 1 aliphatic rings. The van der Waals surface area contributed by atoms with Gasteiger partial charge in [0, 0.05) is 17.9 Å². The van der Waals surface area contributed by atoms with Gasteiger partial charge in [-0.2, -0.15) is 0 Å². The Labute approximate surface area is 114 Å². The van der Waals surface area contributed by atoms with Crippen molar-refractivity contribution in [3.05, 3.63) is 47.0 Å². The molecule has 0 unspecified atom stereocenters. The number of imidazole rings is 1. The van der Waals surface area contributed by atoms with Crippen LogP contribution < -0.4 is 5.73 Å². The van der Waals surface area contributed by atoms with E-state index in [4.69, 9.17) is 10.7 Å². The van der Waals surface area contributed by atoms with Crippen molar-refractivity contribution in [2.75, 3.05) is 5.73 Å². The molecular formula is C16H21N3. The Kier molecular flexibility index (Phi) is 3.28. The zero-order chi connectivity index (χ0) is 13.2. The summed E-state index contributed by atoms with van der Waals surface area (Å²) in [6, 6.07) is 8.19. The van der Waals surface area contributed by atoms with Crippen molar-refractivity contribution in [1.82, 2.24) is 9.55 Å². The Balaban J connectivity index is 1.76. The van der Waals surface area contributed by atoms with E-state index in [-0.39, 0.29) is 0 Å². The number of hydrogen-bond donors (Lipinski definition) is 1. The van der Waals surface area contributed by atoms with E-state index >= 15 is 0 Å². The number of hydrogen-bond acceptors (Lipinski definition) is 2. The molecule has 0 radical (unpaired) electrons. The number of aryl methyl sites for hydroxylation is 3. The molecule has 3 nitrogen and oxygen atoms in total. The fourth-order valence-electron chi connectivity index (χ4n) is 2.96. The summed E-state index contributed by atoms with van der Waals surface area (Å²) in [5.74, 6) is 1.17. The molecule has 1 heterocycles. The quantitative estimate of drug-likeness (QED) is 0.857. The lowest BCUT2D eigenvalue weighted by molar-refractivity contribution is 0.595. The number of nitrogens with two attached hydrogens (primary N) is 1. The molecule has 3 rings (SSSR count). The number of nitrogen functional groups attached to an aromatic ring is 1. The first-order valence-corrected chi connectivity index (χ1v) is 7.13. The van der Waals surface area contributed by atoms with Gasteiger partial charge < -0.3 is 10.3 Å². The Bertz CT molecular complexity index is 566. The van der Waals surface area contributed by atoms with E-state index in [2.05, 4.69) is 23.6 Å². The second-order valence-corrected chi connectivity index (χ2v) is 5.40. The minimum absolute atomic E-state index is 0.833. The van der Waals surface area contributed by atoms with Gasteiger partial charge in [0.15, 0.2) is 0 Å². The van der Waals surface area contributed by atoms with E-state index in [0.717, 1.165) is 25.1 Å². The van der Waals surface area contributed by atoms with Crippen LogP contribution in [0.2, 0.25) is 0 Å². The van der Waals surface area contributed by atoms with Gasteiger partial charge in [-0.25, -0.2) is 4.98 Å². The van der Waals surface area contributed by atoms with Crippen LogP contribution in [0.5, 0.6) is 0 Å². The Morgan fingerprint density at radius 2 is 1.89 bits per heavy atom. The van der Waals surface area contributed by atoms with Crippen molar-refractivity contribution in [2.24, 2.45) is 0 Å². The molecule has 1 aliphatic carbocycles. The summed E-state index contributed by atoms with van der Waals surface area (Å²) in [7, 11) is 0. The molecule has 19 heavy (non-hydrogen) atoms. The van der Waals surface area contributed by atoms with Gasteiger partial charge in [0.25, 0.3) is 0 Å². The molecule has 0 spiro atoms. The van der Waals surface area contributed by atoms with Crippen LogP contribution in [0.15, 0.2) is 24.3 Å².